The van der Waals surface area contributed by atoms with E-state index in [0.717, 1.165) is 155 Å². The fourth-order valence-electron chi connectivity index (χ4n) is 13.1. The number of allylic oxidation sites excluding steroid dienone is 2. The van der Waals surface area contributed by atoms with E-state index < -0.39 is 35.0 Å². The standard InChI is InChI=1S/C9H16.2C8H14F2.C8H15F.2C8H16.C7H12F2.C7H13F.C7H16.C7H12.C6H14O.C6H14.C5H12O/c1-8(2)7-9-5-3-4-6-9;1-6(2)3-7-4-8(9,10)5-7;1-6(2)8(9,10)7-4-3-5-7;1-7(2)6-8(9)4-3-5-8;1-7(2)6-8(3)4-5-8;1-7(2)6-8-4-3-5-8;1-5(2)3-6-4-7(6,8)9;1-6(2)5-7(8)3-4-7;2*1-4-5-6-7(2)3;1-6(2)4-5-7-3;1-4-5-6(2)3;1-5(2)4-6-3/h3,5,8-9H,4,6-7H2,1-2H3;2*6-7H,3-5H2,1-2H3;7H,3-6H2,1-2H3;7H,4-6H2,1-3H3;7-8H,3-6H2,1-2H3;5-6H,3-4H2,1-2H3;6H,3-5H2,1-2H3;7H,4-6H2,1-3H3;1,7H,5-6H2,2-3H3;6H,4-5H2,1-3H3;6H,4-5H2,1-3H3;5H,4H2,1-3H3. The van der Waals surface area contributed by atoms with Crippen molar-refractivity contribution in [2.24, 2.45) is 112 Å². The predicted octanol–water partition coefficient (Wildman–Crippen LogP) is 33.3. The van der Waals surface area contributed by atoms with Crippen molar-refractivity contribution >= 4 is 0 Å². The Morgan fingerprint density at radius 2 is 0.885 bits per heavy atom. The van der Waals surface area contributed by atoms with Gasteiger partial charge in [0.1, 0.15) is 11.3 Å². The molecule has 8 aliphatic rings. The summed E-state index contributed by atoms with van der Waals surface area (Å²) >= 11 is 0. The topological polar surface area (TPSA) is 18.5 Å². The number of rotatable bonds is 28. The zero-order chi connectivity index (χ0) is 81.7. The molecule has 10 heteroatoms. The van der Waals surface area contributed by atoms with Gasteiger partial charge in [0.2, 0.25) is 5.92 Å². The van der Waals surface area contributed by atoms with Gasteiger partial charge >= 0.3 is 0 Å². The SMILES string of the molecule is C#CCCC(C)C.CC(C)C(F)(F)C1CCC1.CC(C)CC1(C)CC1.CC(C)CC1(F)CC1.CC(C)CC1(F)CCC1.CC(C)CC1C=CCC1.CC(C)CC1CC(F)(F)C1.CC(C)CC1CC1(F)F.CC(C)CC1CCC1.CCCC(C)C.CCCCC(C)C.COCC(C)C.COCCC(C)C. The highest BCUT2D eigenvalue weighted by atomic mass is 19.3. The fourth-order valence-corrected chi connectivity index (χ4v) is 13.1. The quantitative estimate of drug-likeness (QED) is 0.0442. The molecule has 0 aromatic carbocycles. The lowest BCUT2D eigenvalue weighted by Crippen LogP contribution is -2.37. The molecule has 0 heterocycles. The maximum Gasteiger partial charge on any atom is 0.253 e. The highest BCUT2D eigenvalue weighted by molar-refractivity contribution is 4.97. The third-order valence-electron chi connectivity index (χ3n) is 19.9. The first-order valence-electron chi connectivity index (χ1n) is 43.5. The van der Waals surface area contributed by atoms with Crippen molar-refractivity contribution < 1.29 is 44.6 Å². The van der Waals surface area contributed by atoms with E-state index in [1.165, 1.54) is 103 Å². The van der Waals surface area contributed by atoms with E-state index in [9.17, 15) is 35.1 Å². The molecule has 104 heavy (non-hydrogen) atoms. The number of terminal acetylenes is 1. The highest BCUT2D eigenvalue weighted by Crippen LogP contribution is 2.52. The Kier molecular flexibility index (Phi) is 66.6. The number of unbranched alkanes of at least 4 members (excludes halogenated alkanes) is 1. The van der Waals surface area contributed by atoms with Gasteiger partial charge in [-0.1, -0.05) is 271 Å². The Morgan fingerprint density at radius 3 is 1.03 bits per heavy atom. The number of alkyl halides is 8. The molecular weight excluding hydrogens is 1310 g/mol. The molecule has 0 aromatic rings. The van der Waals surface area contributed by atoms with Crippen molar-refractivity contribution in [3.63, 3.8) is 0 Å². The lowest BCUT2D eigenvalue weighted by molar-refractivity contribution is -0.122. The van der Waals surface area contributed by atoms with Crippen LogP contribution in [0.5, 0.6) is 0 Å². The molecule has 628 valence electrons. The molecule has 2 atom stereocenters. The number of ether oxygens (including phenoxy) is 2. The molecule has 2 nitrogen and oxygen atoms in total. The summed E-state index contributed by atoms with van der Waals surface area (Å²) < 4.78 is 110. The second-order valence-corrected chi connectivity index (χ2v) is 39.0. The summed E-state index contributed by atoms with van der Waals surface area (Å²) in [6.45, 7) is 64.2. The van der Waals surface area contributed by atoms with E-state index in [1.807, 2.05) is 13.8 Å². The molecule has 0 N–H and O–H groups in total. The van der Waals surface area contributed by atoms with E-state index in [-0.39, 0.29) is 31.1 Å². The molecule has 0 aromatic heterocycles. The molecule has 0 bridgehead atoms. The van der Waals surface area contributed by atoms with Crippen molar-refractivity contribution in [1.29, 1.82) is 0 Å². The van der Waals surface area contributed by atoms with E-state index in [1.54, 1.807) is 28.1 Å². The lowest BCUT2D eigenvalue weighted by Gasteiger charge is -2.35. The molecular formula is C94H184F8O2. The Hall–Kier alpha value is -1.34. The Labute approximate surface area is 647 Å². The van der Waals surface area contributed by atoms with Crippen LogP contribution in [-0.2, 0) is 9.47 Å². The third kappa shape index (κ3) is 74.7. The van der Waals surface area contributed by atoms with Crippen LogP contribution in [0.4, 0.5) is 35.1 Å². The van der Waals surface area contributed by atoms with Crippen LogP contribution in [0, 0.1) is 124 Å². The lowest BCUT2D eigenvalue weighted by atomic mass is 9.77. The van der Waals surface area contributed by atoms with E-state index >= 15 is 0 Å². The van der Waals surface area contributed by atoms with Crippen LogP contribution in [0.25, 0.3) is 0 Å². The van der Waals surface area contributed by atoms with Gasteiger partial charge in [-0.2, -0.15) is 0 Å². The molecule has 7 fully saturated rings. The van der Waals surface area contributed by atoms with Crippen LogP contribution in [0.2, 0.25) is 0 Å². The summed E-state index contributed by atoms with van der Waals surface area (Å²) in [6.07, 6.45) is 44.7. The van der Waals surface area contributed by atoms with Crippen molar-refractivity contribution in [3.05, 3.63) is 12.2 Å². The monoisotopic (exact) mass is 1500 g/mol. The van der Waals surface area contributed by atoms with E-state index in [0.29, 0.717) is 41.9 Å². The van der Waals surface area contributed by atoms with Gasteiger partial charge in [-0.25, -0.2) is 35.1 Å². The van der Waals surface area contributed by atoms with Gasteiger partial charge in [0, 0.05) is 70.9 Å². The molecule has 8 rings (SSSR count). The first kappa shape index (κ1) is 111. The van der Waals surface area contributed by atoms with Gasteiger partial charge in [-0.05, 0) is 223 Å². The average molecular weight is 1500 g/mol. The number of methoxy groups -OCH3 is 2. The minimum absolute atomic E-state index is 0.130. The summed E-state index contributed by atoms with van der Waals surface area (Å²) in [4.78, 5) is 0. The van der Waals surface area contributed by atoms with Crippen molar-refractivity contribution in [2.75, 3.05) is 27.4 Å². The minimum Gasteiger partial charge on any atom is -0.385 e. The summed E-state index contributed by atoms with van der Waals surface area (Å²) in [7, 11) is 3.46. The molecule has 0 saturated heterocycles. The second-order valence-electron chi connectivity index (χ2n) is 39.0. The largest absolute Gasteiger partial charge is 0.385 e. The van der Waals surface area contributed by atoms with Gasteiger partial charge in [0.15, 0.2) is 0 Å². The molecule has 8 aliphatic carbocycles. The predicted molar refractivity (Wildman–Crippen MR) is 446 cm³/mol. The zero-order valence-electron chi connectivity index (χ0n) is 75.2. The summed E-state index contributed by atoms with van der Waals surface area (Å²) in [5.41, 5.74) is -0.712. The van der Waals surface area contributed by atoms with Gasteiger partial charge < -0.3 is 9.47 Å². The van der Waals surface area contributed by atoms with Gasteiger partial charge in [-0.3, -0.25) is 0 Å². The molecule has 0 spiro atoms. The van der Waals surface area contributed by atoms with Gasteiger partial charge in [0.25, 0.3) is 11.8 Å². The van der Waals surface area contributed by atoms with Crippen molar-refractivity contribution in [2.45, 2.75) is 442 Å². The normalized spacial score (nSPS) is 19.9. The number of hydrogen-bond acceptors (Lipinski definition) is 2. The van der Waals surface area contributed by atoms with Crippen LogP contribution < -0.4 is 0 Å². The van der Waals surface area contributed by atoms with Crippen LogP contribution in [-0.4, -0.2) is 56.5 Å². The Morgan fingerprint density at radius 1 is 0.452 bits per heavy atom. The van der Waals surface area contributed by atoms with Crippen molar-refractivity contribution in [3.8, 4) is 12.3 Å². The maximum absolute atomic E-state index is 13.2. The van der Waals surface area contributed by atoms with Crippen LogP contribution in [0.15, 0.2) is 12.2 Å². The highest BCUT2D eigenvalue weighted by Gasteiger charge is 2.56. The molecule has 0 radical (unpaired) electrons. The van der Waals surface area contributed by atoms with Gasteiger partial charge in [0.05, 0.1) is 0 Å². The average Bonchev–Trinajstić information content (AvgIpc) is 1.46. The fraction of sp³-hybridized carbons (Fsp3) is 0.957. The van der Waals surface area contributed by atoms with Crippen LogP contribution in [0.3, 0.4) is 0 Å². The third-order valence-corrected chi connectivity index (χ3v) is 19.9. The van der Waals surface area contributed by atoms with Crippen LogP contribution in [0.1, 0.15) is 413 Å². The van der Waals surface area contributed by atoms with E-state index in [2.05, 4.69) is 191 Å². The maximum atomic E-state index is 13.2. The molecule has 0 aliphatic heterocycles. The van der Waals surface area contributed by atoms with Crippen LogP contribution >= 0.6 is 0 Å². The first-order chi connectivity index (χ1) is 47.9. The Bertz CT molecular complexity index is 1880. The molecule has 2 unspecified atom stereocenters. The second kappa shape index (κ2) is 62.2. The minimum atomic E-state index is -2.40. The van der Waals surface area contributed by atoms with E-state index in [4.69, 9.17) is 15.9 Å². The first-order valence-corrected chi connectivity index (χ1v) is 43.5. The number of hydrogen-bond donors (Lipinski definition) is 0. The zero-order valence-corrected chi connectivity index (χ0v) is 75.2. The summed E-state index contributed by atoms with van der Waals surface area (Å²) in [6, 6.07) is 0. The Balaban J connectivity index is -0.000000341. The summed E-state index contributed by atoms with van der Waals surface area (Å²) in [5, 5.41) is 0. The van der Waals surface area contributed by atoms with Crippen molar-refractivity contribution in [1.82, 2.24) is 0 Å². The smallest absolute Gasteiger partial charge is 0.253 e. The summed E-state index contributed by atoms with van der Waals surface area (Å²) in [5.74, 6) is 5.56. The molecule has 0 amide bonds. The molecule has 7 saturated carbocycles. The van der Waals surface area contributed by atoms with Gasteiger partial charge in [-0.15, -0.1) is 12.3 Å². The number of halogens is 8.